The number of imidazole rings is 1. The van der Waals surface area contributed by atoms with Crippen LogP contribution in [-0.2, 0) is 5.72 Å². The molecule has 0 aliphatic heterocycles. The first-order chi connectivity index (χ1) is 4.11. The SMILES string of the molecule is CC(C)(O)n1ccnc1. The zero-order valence-corrected chi connectivity index (χ0v) is 5.57. The van der Waals surface area contributed by atoms with E-state index >= 15 is 0 Å². The lowest BCUT2D eigenvalue weighted by atomic mass is 10.3. The summed E-state index contributed by atoms with van der Waals surface area (Å²) >= 11 is 0. The molecular formula is C6H10N2O. The summed E-state index contributed by atoms with van der Waals surface area (Å²) < 4.78 is 1.63. The summed E-state index contributed by atoms with van der Waals surface area (Å²) in [7, 11) is 0. The molecule has 1 N–H and O–H groups in total. The van der Waals surface area contributed by atoms with Crippen LogP contribution in [0.3, 0.4) is 0 Å². The van der Waals surface area contributed by atoms with Gasteiger partial charge in [-0.2, -0.15) is 0 Å². The van der Waals surface area contributed by atoms with Gasteiger partial charge in [0.1, 0.15) is 5.72 Å². The normalized spacial score (nSPS) is 11.9. The summed E-state index contributed by atoms with van der Waals surface area (Å²) in [5.41, 5.74) is -0.823. The van der Waals surface area contributed by atoms with Crippen molar-refractivity contribution in [2.45, 2.75) is 19.6 Å². The summed E-state index contributed by atoms with van der Waals surface area (Å²) in [4.78, 5) is 3.79. The molecule has 0 aliphatic carbocycles. The van der Waals surface area contributed by atoms with Crippen molar-refractivity contribution in [2.24, 2.45) is 0 Å². The van der Waals surface area contributed by atoms with Crippen LogP contribution in [0.2, 0.25) is 0 Å². The van der Waals surface area contributed by atoms with Gasteiger partial charge in [-0.1, -0.05) is 0 Å². The topological polar surface area (TPSA) is 38.0 Å². The highest BCUT2D eigenvalue weighted by molar-refractivity contribution is 4.79. The Morgan fingerprint density at radius 1 is 1.56 bits per heavy atom. The van der Waals surface area contributed by atoms with Crippen LogP contribution in [0.5, 0.6) is 0 Å². The molecule has 1 aromatic heterocycles. The third-order valence-corrected chi connectivity index (χ3v) is 1.14. The van der Waals surface area contributed by atoms with Crippen molar-refractivity contribution >= 4 is 0 Å². The smallest absolute Gasteiger partial charge is 0.136 e. The molecule has 1 aromatic rings. The van der Waals surface area contributed by atoms with Gasteiger partial charge in [0, 0.05) is 12.4 Å². The fourth-order valence-corrected chi connectivity index (χ4v) is 0.583. The van der Waals surface area contributed by atoms with E-state index in [0.29, 0.717) is 0 Å². The molecule has 1 rings (SSSR count). The third-order valence-electron chi connectivity index (χ3n) is 1.14. The molecular weight excluding hydrogens is 116 g/mol. The van der Waals surface area contributed by atoms with Gasteiger partial charge in [0.2, 0.25) is 0 Å². The molecule has 0 saturated heterocycles. The van der Waals surface area contributed by atoms with Gasteiger partial charge >= 0.3 is 0 Å². The summed E-state index contributed by atoms with van der Waals surface area (Å²) in [6.45, 7) is 3.41. The van der Waals surface area contributed by atoms with Gasteiger partial charge in [0.05, 0.1) is 6.33 Å². The Labute approximate surface area is 54.0 Å². The van der Waals surface area contributed by atoms with Crippen LogP contribution < -0.4 is 0 Å². The molecule has 0 aliphatic rings. The minimum absolute atomic E-state index is 0.823. The van der Waals surface area contributed by atoms with E-state index in [1.807, 2.05) is 0 Å². The zero-order chi connectivity index (χ0) is 6.91. The Hall–Kier alpha value is -0.830. The number of hydrogen-bond acceptors (Lipinski definition) is 2. The largest absolute Gasteiger partial charge is 0.371 e. The van der Waals surface area contributed by atoms with Crippen molar-refractivity contribution in [3.8, 4) is 0 Å². The molecule has 0 atom stereocenters. The highest BCUT2D eigenvalue weighted by Crippen LogP contribution is 2.07. The second-order valence-electron chi connectivity index (χ2n) is 2.46. The molecule has 9 heavy (non-hydrogen) atoms. The summed E-state index contributed by atoms with van der Waals surface area (Å²) in [6, 6.07) is 0. The molecule has 0 fully saturated rings. The van der Waals surface area contributed by atoms with Crippen molar-refractivity contribution in [3.05, 3.63) is 18.7 Å². The molecule has 0 amide bonds. The Bertz CT molecular complexity index is 173. The van der Waals surface area contributed by atoms with Crippen molar-refractivity contribution in [1.82, 2.24) is 9.55 Å². The van der Waals surface area contributed by atoms with Gasteiger partial charge < -0.3 is 9.67 Å². The van der Waals surface area contributed by atoms with Gasteiger partial charge in [-0.3, -0.25) is 0 Å². The lowest BCUT2D eigenvalue weighted by molar-refractivity contribution is 0.00165. The molecule has 0 radical (unpaired) electrons. The van der Waals surface area contributed by atoms with Crippen LogP contribution >= 0.6 is 0 Å². The molecule has 0 unspecified atom stereocenters. The number of nitrogens with zero attached hydrogens (tertiary/aromatic N) is 2. The maximum absolute atomic E-state index is 9.30. The van der Waals surface area contributed by atoms with Gasteiger partial charge in [-0.25, -0.2) is 4.98 Å². The lowest BCUT2D eigenvalue weighted by Crippen LogP contribution is -2.23. The molecule has 0 spiro atoms. The minimum Gasteiger partial charge on any atom is -0.371 e. The molecule has 1 heterocycles. The van der Waals surface area contributed by atoms with Crippen molar-refractivity contribution in [2.75, 3.05) is 0 Å². The second-order valence-corrected chi connectivity index (χ2v) is 2.46. The molecule has 0 saturated carbocycles. The first-order valence-corrected chi connectivity index (χ1v) is 2.81. The van der Waals surface area contributed by atoms with Crippen molar-refractivity contribution in [3.63, 3.8) is 0 Å². The molecule has 3 heteroatoms. The van der Waals surface area contributed by atoms with Crippen LogP contribution in [0.4, 0.5) is 0 Å². The predicted octanol–water partition coefficient (Wildman–Crippen LogP) is 0.568. The van der Waals surface area contributed by atoms with Crippen molar-refractivity contribution in [1.29, 1.82) is 0 Å². The van der Waals surface area contributed by atoms with Crippen LogP contribution in [-0.4, -0.2) is 14.7 Å². The Balaban J connectivity index is 2.90. The number of hydrogen-bond donors (Lipinski definition) is 1. The minimum atomic E-state index is -0.823. The van der Waals surface area contributed by atoms with E-state index in [1.54, 1.807) is 37.1 Å². The highest BCUT2D eigenvalue weighted by Gasteiger charge is 2.12. The fraction of sp³-hybridized carbons (Fsp3) is 0.500. The van der Waals surface area contributed by atoms with Crippen LogP contribution in [0, 0.1) is 0 Å². The highest BCUT2D eigenvalue weighted by atomic mass is 16.3. The monoisotopic (exact) mass is 126 g/mol. The first kappa shape index (κ1) is 6.29. The number of aromatic nitrogens is 2. The van der Waals surface area contributed by atoms with Crippen molar-refractivity contribution < 1.29 is 5.11 Å². The fourth-order valence-electron chi connectivity index (χ4n) is 0.583. The Morgan fingerprint density at radius 2 is 2.22 bits per heavy atom. The average molecular weight is 126 g/mol. The van der Waals surface area contributed by atoms with Crippen LogP contribution in [0.15, 0.2) is 18.7 Å². The van der Waals surface area contributed by atoms with Crippen LogP contribution in [0.1, 0.15) is 13.8 Å². The van der Waals surface area contributed by atoms with Gasteiger partial charge in [0.25, 0.3) is 0 Å². The third kappa shape index (κ3) is 1.29. The number of rotatable bonds is 1. The van der Waals surface area contributed by atoms with Gasteiger partial charge in [-0.05, 0) is 13.8 Å². The van der Waals surface area contributed by atoms with Gasteiger partial charge in [0.15, 0.2) is 0 Å². The van der Waals surface area contributed by atoms with E-state index in [9.17, 15) is 5.11 Å². The lowest BCUT2D eigenvalue weighted by Gasteiger charge is -2.17. The van der Waals surface area contributed by atoms with E-state index < -0.39 is 5.72 Å². The number of aliphatic hydroxyl groups is 1. The van der Waals surface area contributed by atoms with E-state index in [1.165, 1.54) is 0 Å². The zero-order valence-electron chi connectivity index (χ0n) is 5.57. The Morgan fingerprint density at radius 3 is 2.44 bits per heavy atom. The first-order valence-electron chi connectivity index (χ1n) is 2.81. The maximum Gasteiger partial charge on any atom is 0.136 e. The molecule has 0 aromatic carbocycles. The predicted molar refractivity (Wildman–Crippen MR) is 33.8 cm³/mol. The van der Waals surface area contributed by atoms with Crippen LogP contribution in [0.25, 0.3) is 0 Å². The molecule has 0 bridgehead atoms. The second kappa shape index (κ2) is 1.84. The summed E-state index contributed by atoms with van der Waals surface area (Å²) in [5.74, 6) is 0. The Kier molecular flexibility index (Phi) is 1.29. The maximum atomic E-state index is 9.30. The summed E-state index contributed by atoms with van der Waals surface area (Å²) in [5, 5.41) is 9.30. The average Bonchev–Trinajstić information content (AvgIpc) is 2.08. The quantitative estimate of drug-likeness (QED) is 0.597. The van der Waals surface area contributed by atoms with E-state index in [2.05, 4.69) is 4.98 Å². The van der Waals surface area contributed by atoms with E-state index in [4.69, 9.17) is 0 Å². The molecule has 50 valence electrons. The summed E-state index contributed by atoms with van der Waals surface area (Å²) in [6.07, 6.45) is 4.94. The molecule has 3 nitrogen and oxygen atoms in total. The van der Waals surface area contributed by atoms with Gasteiger partial charge in [-0.15, -0.1) is 0 Å². The van der Waals surface area contributed by atoms with E-state index in [0.717, 1.165) is 0 Å². The van der Waals surface area contributed by atoms with E-state index in [-0.39, 0.29) is 0 Å². The standard InChI is InChI=1S/C6H10N2O/c1-6(2,9)8-4-3-7-5-8/h3-5,9H,1-2H3.